The van der Waals surface area contributed by atoms with E-state index in [1.807, 2.05) is 35.0 Å². The molecule has 0 amide bonds. The average molecular weight is 432 g/mol. The maximum atomic E-state index is 11.9. The van der Waals surface area contributed by atoms with Crippen molar-refractivity contribution in [3.63, 3.8) is 0 Å². The summed E-state index contributed by atoms with van der Waals surface area (Å²) in [5.74, 6) is 0.231. The average Bonchev–Trinajstić information content (AvgIpc) is 3.40. The number of aromatic amines is 1. The van der Waals surface area contributed by atoms with E-state index in [2.05, 4.69) is 49.2 Å². The molecule has 3 heterocycles. The number of carboxylic acid groups (broad SMARTS) is 1. The second-order valence-electron chi connectivity index (χ2n) is 8.06. The number of hydrogen-bond acceptors (Lipinski definition) is 6. The molecule has 0 radical (unpaired) electrons. The Morgan fingerprint density at radius 3 is 2.69 bits per heavy atom. The molecule has 0 atom stereocenters. The van der Waals surface area contributed by atoms with Crippen LogP contribution in [-0.2, 0) is 6.54 Å². The number of hydrogen-bond donors (Lipinski definition) is 3. The minimum atomic E-state index is -0.947. The Hall–Kier alpha value is -3.85. The Morgan fingerprint density at radius 1 is 1.16 bits per heavy atom. The fourth-order valence-electron chi connectivity index (χ4n) is 4.03. The maximum Gasteiger partial charge on any atom is 0.337 e. The first kappa shape index (κ1) is 20.1. The van der Waals surface area contributed by atoms with Crippen LogP contribution in [0.1, 0.15) is 15.9 Å². The number of H-pyrrole nitrogens is 1. The smallest absolute Gasteiger partial charge is 0.337 e. The topological polar surface area (TPSA) is 102 Å². The summed E-state index contributed by atoms with van der Waals surface area (Å²) in [5, 5.41) is 13.0. The third-order valence-electron chi connectivity index (χ3n) is 5.82. The van der Waals surface area contributed by atoms with Gasteiger partial charge in [0.05, 0.1) is 28.8 Å². The van der Waals surface area contributed by atoms with Gasteiger partial charge in [0.2, 0.25) is 11.9 Å². The lowest BCUT2D eigenvalue weighted by Gasteiger charge is -2.34. The van der Waals surface area contributed by atoms with Crippen LogP contribution in [0.3, 0.4) is 0 Å². The zero-order valence-corrected chi connectivity index (χ0v) is 17.8. The van der Waals surface area contributed by atoms with Gasteiger partial charge in [-0.3, -0.25) is 5.32 Å². The van der Waals surface area contributed by atoms with E-state index in [0.717, 1.165) is 37.4 Å². The Kier molecular flexibility index (Phi) is 5.24. The minimum Gasteiger partial charge on any atom is -0.478 e. The first-order chi connectivity index (χ1) is 15.6. The quantitative estimate of drug-likeness (QED) is 0.431. The number of nitrogens with zero attached hydrogens (tertiary/aromatic N) is 5. The van der Waals surface area contributed by atoms with Crippen LogP contribution in [0.5, 0.6) is 0 Å². The zero-order chi connectivity index (χ0) is 22.1. The van der Waals surface area contributed by atoms with Crippen molar-refractivity contribution in [2.75, 3.05) is 43.4 Å². The number of nitrogens with one attached hydrogen (secondary N) is 2. The molecular formula is C23H25N7O2. The summed E-state index contributed by atoms with van der Waals surface area (Å²) in [4.78, 5) is 28.6. The number of aromatic nitrogens is 4. The molecule has 1 aliphatic heterocycles. The van der Waals surface area contributed by atoms with Gasteiger partial charge in [-0.05, 0) is 24.7 Å². The largest absolute Gasteiger partial charge is 0.478 e. The van der Waals surface area contributed by atoms with Gasteiger partial charge in [-0.25, -0.2) is 14.8 Å². The molecule has 1 fully saturated rings. The van der Waals surface area contributed by atoms with Crippen molar-refractivity contribution in [1.29, 1.82) is 0 Å². The number of fused-ring (bicyclic) bond motifs is 1. The van der Waals surface area contributed by atoms with Crippen LogP contribution in [0.2, 0.25) is 0 Å². The van der Waals surface area contributed by atoms with Gasteiger partial charge in [0.1, 0.15) is 0 Å². The highest BCUT2D eigenvalue weighted by molar-refractivity contribution is 6.00. The SMILES string of the molecule is CN1CCN(c2cc3[nH]c(Nc4nccn4Cc4ccccc4)nc3cc2C(=O)O)CC1. The van der Waals surface area contributed by atoms with E-state index in [1.165, 1.54) is 5.56 Å². The third kappa shape index (κ3) is 4.02. The molecule has 2 aromatic heterocycles. The summed E-state index contributed by atoms with van der Waals surface area (Å²) in [6.45, 7) is 4.06. The third-order valence-corrected chi connectivity index (χ3v) is 5.82. The van der Waals surface area contributed by atoms with Gasteiger partial charge in [-0.1, -0.05) is 30.3 Å². The highest BCUT2D eigenvalue weighted by Crippen LogP contribution is 2.28. The molecule has 9 heteroatoms. The molecule has 32 heavy (non-hydrogen) atoms. The molecule has 5 rings (SSSR count). The van der Waals surface area contributed by atoms with E-state index >= 15 is 0 Å². The van der Waals surface area contributed by atoms with Crippen LogP contribution in [0, 0.1) is 0 Å². The maximum absolute atomic E-state index is 11.9. The summed E-state index contributed by atoms with van der Waals surface area (Å²) in [6.07, 6.45) is 3.65. The highest BCUT2D eigenvalue weighted by atomic mass is 16.4. The lowest BCUT2D eigenvalue weighted by molar-refractivity contribution is 0.0697. The molecule has 3 N–H and O–H groups in total. The molecule has 1 aliphatic rings. The molecule has 164 valence electrons. The molecule has 9 nitrogen and oxygen atoms in total. The number of aromatic carboxylic acids is 1. The van der Waals surface area contributed by atoms with Crippen molar-refractivity contribution in [2.45, 2.75) is 6.54 Å². The zero-order valence-electron chi connectivity index (χ0n) is 17.8. The molecule has 1 saturated heterocycles. The van der Waals surface area contributed by atoms with E-state index < -0.39 is 5.97 Å². The van der Waals surface area contributed by atoms with E-state index in [-0.39, 0.29) is 5.56 Å². The molecular weight excluding hydrogens is 406 g/mol. The minimum absolute atomic E-state index is 0.269. The van der Waals surface area contributed by atoms with E-state index in [1.54, 1.807) is 12.3 Å². The molecule has 0 spiro atoms. The van der Waals surface area contributed by atoms with Crippen molar-refractivity contribution < 1.29 is 9.90 Å². The molecule has 0 saturated carbocycles. The molecule has 0 unspecified atom stereocenters. The van der Waals surface area contributed by atoms with Crippen molar-refractivity contribution in [1.82, 2.24) is 24.4 Å². The lowest BCUT2D eigenvalue weighted by Crippen LogP contribution is -2.45. The van der Waals surface area contributed by atoms with Crippen LogP contribution in [0.15, 0.2) is 54.9 Å². The monoisotopic (exact) mass is 431 g/mol. The summed E-state index contributed by atoms with van der Waals surface area (Å²) >= 11 is 0. The first-order valence-electron chi connectivity index (χ1n) is 10.6. The molecule has 0 aliphatic carbocycles. The Labute approximate surface area is 185 Å². The Morgan fingerprint density at radius 2 is 1.94 bits per heavy atom. The molecule has 0 bridgehead atoms. The van der Waals surface area contributed by atoms with E-state index in [4.69, 9.17) is 0 Å². The van der Waals surface area contributed by atoms with Crippen LogP contribution in [0.25, 0.3) is 11.0 Å². The number of imidazole rings is 2. The number of likely N-dealkylation sites (N-methyl/N-ethyl adjacent to an activating group) is 1. The molecule has 4 aromatic rings. The van der Waals surface area contributed by atoms with Crippen LogP contribution in [0.4, 0.5) is 17.6 Å². The van der Waals surface area contributed by atoms with Gasteiger partial charge in [-0.15, -0.1) is 0 Å². The van der Waals surface area contributed by atoms with E-state index in [9.17, 15) is 9.90 Å². The normalized spacial score (nSPS) is 14.7. The van der Waals surface area contributed by atoms with Crippen molar-refractivity contribution in [3.8, 4) is 0 Å². The van der Waals surface area contributed by atoms with Gasteiger partial charge < -0.3 is 24.5 Å². The van der Waals surface area contributed by atoms with Gasteiger partial charge in [-0.2, -0.15) is 0 Å². The summed E-state index contributed by atoms with van der Waals surface area (Å²) in [5.41, 5.74) is 3.54. The van der Waals surface area contributed by atoms with Gasteiger partial charge in [0.25, 0.3) is 0 Å². The van der Waals surface area contributed by atoms with Gasteiger partial charge >= 0.3 is 5.97 Å². The van der Waals surface area contributed by atoms with E-state index in [0.29, 0.717) is 24.0 Å². The van der Waals surface area contributed by atoms with Gasteiger partial charge in [0, 0.05) is 38.6 Å². The summed E-state index contributed by atoms with van der Waals surface area (Å²) in [6, 6.07) is 13.7. The van der Waals surface area contributed by atoms with Crippen LogP contribution < -0.4 is 10.2 Å². The summed E-state index contributed by atoms with van der Waals surface area (Å²) < 4.78 is 2.00. The second kappa shape index (κ2) is 8.35. The van der Waals surface area contributed by atoms with Gasteiger partial charge in [0.15, 0.2) is 0 Å². The number of benzene rings is 2. The second-order valence-corrected chi connectivity index (χ2v) is 8.06. The predicted octanol–water partition coefficient (Wildman–Crippen LogP) is 3.00. The fourth-order valence-corrected chi connectivity index (χ4v) is 4.03. The number of carbonyl (C=O) groups is 1. The predicted molar refractivity (Wildman–Crippen MR) is 124 cm³/mol. The van der Waals surface area contributed by atoms with Crippen LogP contribution >= 0.6 is 0 Å². The number of rotatable bonds is 6. The van der Waals surface area contributed by atoms with Crippen molar-refractivity contribution in [3.05, 3.63) is 66.0 Å². The van der Waals surface area contributed by atoms with Crippen LogP contribution in [-0.4, -0.2) is 68.7 Å². The molecule has 2 aromatic carbocycles. The first-order valence-corrected chi connectivity index (χ1v) is 10.6. The fraction of sp³-hybridized carbons (Fsp3) is 0.261. The Bertz CT molecular complexity index is 1240. The van der Waals surface area contributed by atoms with Crippen molar-refractivity contribution in [2.24, 2.45) is 0 Å². The number of anilines is 3. The highest BCUT2D eigenvalue weighted by Gasteiger charge is 2.22. The number of piperazine rings is 1. The lowest BCUT2D eigenvalue weighted by atomic mass is 10.1. The summed E-state index contributed by atoms with van der Waals surface area (Å²) in [7, 11) is 2.08. The Balaban J connectivity index is 1.43. The van der Waals surface area contributed by atoms with Crippen molar-refractivity contribution >= 4 is 34.6 Å². The number of carboxylic acids is 1. The standard InChI is InChI=1S/C23H25N7O2/c1-28-9-11-29(12-10-28)20-14-19-18(13-17(20)21(31)32)25-22(26-19)27-23-24-7-8-30(23)15-16-5-3-2-4-6-16/h2-8,13-14H,9-12,15H2,1H3,(H,31,32)(H2,24,25,26,27).